The zero-order valence-corrected chi connectivity index (χ0v) is 9.43. The second-order valence-corrected chi connectivity index (χ2v) is 4.20. The van der Waals surface area contributed by atoms with Crippen LogP contribution in [0.4, 0.5) is 0 Å². The molecular formula is C13H18N2. The number of nitrogens with zero attached hydrogens (tertiary/aromatic N) is 2. The maximum Gasteiger partial charge on any atom is 0.0762 e. The highest BCUT2D eigenvalue weighted by Gasteiger charge is 2.41. The Balaban J connectivity index is 2.29. The van der Waals surface area contributed by atoms with Gasteiger partial charge in [0, 0.05) is 17.8 Å². The third kappa shape index (κ3) is 1.58. The van der Waals surface area contributed by atoms with Gasteiger partial charge < -0.3 is 0 Å². The van der Waals surface area contributed by atoms with Crippen LogP contribution in [-0.4, -0.2) is 24.5 Å². The Morgan fingerprint density at radius 2 is 1.40 bits per heavy atom. The van der Waals surface area contributed by atoms with Crippen molar-refractivity contribution in [3.05, 3.63) is 24.3 Å². The molecule has 15 heavy (non-hydrogen) atoms. The number of aliphatic imine (C=N–C) groups is 2. The summed E-state index contributed by atoms with van der Waals surface area (Å²) in [6, 6.07) is 0.606. The predicted molar refractivity (Wildman–Crippen MR) is 65.9 cm³/mol. The number of hydrogen-bond donors (Lipinski definition) is 0. The van der Waals surface area contributed by atoms with Crippen molar-refractivity contribution in [3.63, 3.8) is 0 Å². The molecule has 0 aromatic rings. The van der Waals surface area contributed by atoms with Crippen LogP contribution in [0, 0.1) is 5.41 Å². The molecule has 0 amide bonds. The van der Waals surface area contributed by atoms with Crippen molar-refractivity contribution in [2.24, 2.45) is 15.4 Å². The van der Waals surface area contributed by atoms with Crippen molar-refractivity contribution < 1.29 is 0 Å². The molecule has 2 nitrogen and oxygen atoms in total. The number of hydrogen-bond acceptors (Lipinski definition) is 2. The summed E-state index contributed by atoms with van der Waals surface area (Å²) in [7, 11) is 0. The first kappa shape index (κ1) is 10.3. The van der Waals surface area contributed by atoms with E-state index in [0.717, 1.165) is 12.8 Å². The summed E-state index contributed by atoms with van der Waals surface area (Å²) >= 11 is 0. The van der Waals surface area contributed by atoms with Gasteiger partial charge in [0.1, 0.15) is 0 Å². The first-order valence-electron chi connectivity index (χ1n) is 5.73. The maximum absolute atomic E-state index is 4.55. The molecule has 2 heterocycles. The van der Waals surface area contributed by atoms with Crippen LogP contribution >= 0.6 is 0 Å². The highest BCUT2D eigenvalue weighted by molar-refractivity contribution is 5.75. The van der Waals surface area contributed by atoms with Crippen LogP contribution < -0.4 is 0 Å². The molecule has 0 bridgehead atoms. The lowest BCUT2D eigenvalue weighted by atomic mass is 9.70. The largest absolute Gasteiger partial charge is 0.285 e. The molecule has 0 spiro atoms. The van der Waals surface area contributed by atoms with Crippen LogP contribution in [0.15, 0.2) is 34.3 Å². The van der Waals surface area contributed by atoms with Gasteiger partial charge in [-0.15, -0.1) is 0 Å². The second kappa shape index (κ2) is 4.13. The summed E-state index contributed by atoms with van der Waals surface area (Å²) in [6.45, 7) is 4.49. The predicted octanol–water partition coefficient (Wildman–Crippen LogP) is 2.81. The fourth-order valence-electron chi connectivity index (χ4n) is 2.64. The fourth-order valence-corrected chi connectivity index (χ4v) is 2.64. The molecule has 2 unspecified atom stereocenters. The van der Waals surface area contributed by atoms with E-state index in [-0.39, 0.29) is 5.41 Å². The third-order valence-electron chi connectivity index (χ3n) is 3.75. The van der Waals surface area contributed by atoms with E-state index in [1.807, 2.05) is 24.6 Å². The van der Waals surface area contributed by atoms with Crippen LogP contribution in [0.5, 0.6) is 0 Å². The minimum atomic E-state index is 0.174. The molecule has 2 atom stereocenters. The van der Waals surface area contributed by atoms with Crippen LogP contribution in [0.2, 0.25) is 0 Å². The summed E-state index contributed by atoms with van der Waals surface area (Å²) in [4.78, 5) is 9.10. The van der Waals surface area contributed by atoms with Crippen LogP contribution in [0.3, 0.4) is 0 Å². The maximum atomic E-state index is 4.55. The van der Waals surface area contributed by atoms with E-state index >= 15 is 0 Å². The van der Waals surface area contributed by atoms with Gasteiger partial charge in [-0.25, -0.2) is 0 Å². The minimum Gasteiger partial charge on any atom is -0.285 e. The summed E-state index contributed by atoms with van der Waals surface area (Å²) in [5, 5.41) is 0. The van der Waals surface area contributed by atoms with Gasteiger partial charge in [0.25, 0.3) is 0 Å². The standard InChI is InChI=1S/C13H18N2/c1-3-13(4-2,11-7-5-9-14-11)12-8-6-10-15-12/h5-12H,3-4H2,1-2H3. The Labute approximate surface area is 91.5 Å². The van der Waals surface area contributed by atoms with Crippen molar-refractivity contribution in [1.82, 2.24) is 0 Å². The quantitative estimate of drug-likeness (QED) is 0.669. The zero-order chi connectivity index (χ0) is 10.7. The molecule has 0 N–H and O–H groups in total. The van der Waals surface area contributed by atoms with Gasteiger partial charge in [-0.05, 0) is 25.0 Å². The van der Waals surface area contributed by atoms with Crippen molar-refractivity contribution in [3.8, 4) is 0 Å². The first-order valence-corrected chi connectivity index (χ1v) is 5.73. The summed E-state index contributed by atoms with van der Waals surface area (Å²) < 4.78 is 0. The van der Waals surface area contributed by atoms with E-state index in [9.17, 15) is 0 Å². The van der Waals surface area contributed by atoms with Gasteiger partial charge in [0.15, 0.2) is 0 Å². The van der Waals surface area contributed by atoms with Gasteiger partial charge in [0.2, 0.25) is 0 Å². The van der Waals surface area contributed by atoms with Crippen molar-refractivity contribution in [1.29, 1.82) is 0 Å². The Hall–Kier alpha value is -1.18. The zero-order valence-electron chi connectivity index (χ0n) is 9.43. The number of rotatable bonds is 4. The minimum absolute atomic E-state index is 0.174. The van der Waals surface area contributed by atoms with Crippen molar-refractivity contribution in [2.45, 2.75) is 38.8 Å². The van der Waals surface area contributed by atoms with Crippen molar-refractivity contribution in [2.75, 3.05) is 0 Å². The molecule has 0 saturated heterocycles. The van der Waals surface area contributed by atoms with E-state index in [1.165, 1.54) is 0 Å². The highest BCUT2D eigenvalue weighted by atomic mass is 14.9. The monoisotopic (exact) mass is 202 g/mol. The summed E-state index contributed by atoms with van der Waals surface area (Å²) in [5.74, 6) is 0. The lowest BCUT2D eigenvalue weighted by molar-refractivity contribution is 0.209. The molecule has 0 fully saturated rings. The summed E-state index contributed by atoms with van der Waals surface area (Å²) in [6.07, 6.45) is 14.5. The van der Waals surface area contributed by atoms with Gasteiger partial charge in [-0.2, -0.15) is 0 Å². The first-order chi connectivity index (χ1) is 7.33. The van der Waals surface area contributed by atoms with Gasteiger partial charge in [-0.3, -0.25) is 9.98 Å². The second-order valence-electron chi connectivity index (χ2n) is 4.20. The van der Waals surface area contributed by atoms with Crippen LogP contribution in [-0.2, 0) is 0 Å². The molecule has 2 aliphatic rings. The van der Waals surface area contributed by atoms with Crippen LogP contribution in [0.1, 0.15) is 26.7 Å². The highest BCUT2D eigenvalue weighted by Crippen LogP contribution is 2.41. The molecule has 2 heteroatoms. The van der Waals surface area contributed by atoms with Crippen molar-refractivity contribution >= 4 is 12.4 Å². The van der Waals surface area contributed by atoms with E-state index in [4.69, 9.17) is 0 Å². The topological polar surface area (TPSA) is 24.7 Å². The molecular weight excluding hydrogens is 184 g/mol. The van der Waals surface area contributed by atoms with Gasteiger partial charge in [-0.1, -0.05) is 26.0 Å². The lowest BCUT2D eigenvalue weighted by Crippen LogP contribution is -2.40. The molecule has 0 aromatic heterocycles. The Morgan fingerprint density at radius 1 is 0.933 bits per heavy atom. The molecule has 0 saturated carbocycles. The molecule has 0 radical (unpaired) electrons. The average Bonchev–Trinajstić information content (AvgIpc) is 2.92. The smallest absolute Gasteiger partial charge is 0.0762 e. The number of allylic oxidation sites excluding steroid dienone is 2. The lowest BCUT2D eigenvalue weighted by Gasteiger charge is -2.38. The molecule has 0 aliphatic carbocycles. The Bertz CT molecular complexity index is 278. The molecule has 2 aliphatic heterocycles. The summed E-state index contributed by atoms with van der Waals surface area (Å²) in [5.41, 5.74) is 0.174. The third-order valence-corrected chi connectivity index (χ3v) is 3.75. The van der Waals surface area contributed by atoms with E-state index in [0.29, 0.717) is 12.1 Å². The average molecular weight is 202 g/mol. The SMILES string of the molecule is CCC(CC)(C1C=CC=N1)C1C=CC=N1. The van der Waals surface area contributed by atoms with E-state index < -0.39 is 0 Å². The molecule has 2 rings (SSSR count). The van der Waals surface area contributed by atoms with Gasteiger partial charge in [0.05, 0.1) is 12.1 Å². The normalized spacial score (nSPS) is 28.1. The fraction of sp³-hybridized carbons (Fsp3) is 0.538. The Morgan fingerprint density at radius 3 is 1.67 bits per heavy atom. The molecule has 0 aromatic carbocycles. The van der Waals surface area contributed by atoms with E-state index in [1.54, 1.807) is 0 Å². The van der Waals surface area contributed by atoms with E-state index in [2.05, 4.69) is 36.0 Å². The van der Waals surface area contributed by atoms with Gasteiger partial charge >= 0.3 is 0 Å². The molecule has 80 valence electrons. The Kier molecular flexibility index (Phi) is 2.85. The van der Waals surface area contributed by atoms with Crippen LogP contribution in [0.25, 0.3) is 0 Å².